The Bertz CT molecular complexity index is 1810. The summed E-state index contributed by atoms with van der Waals surface area (Å²) >= 11 is 8.59. The number of rotatable bonds is 10. The van der Waals surface area contributed by atoms with E-state index in [1.54, 1.807) is 57.1 Å². The lowest BCUT2D eigenvalue weighted by Crippen LogP contribution is -2.55. The quantitative estimate of drug-likeness (QED) is 0.104. The van der Waals surface area contributed by atoms with Gasteiger partial charge in [0, 0.05) is 19.5 Å². The van der Waals surface area contributed by atoms with Crippen molar-refractivity contribution in [2.24, 2.45) is 0 Å². The summed E-state index contributed by atoms with van der Waals surface area (Å²) < 4.78 is 13.5. The SMILES string of the molecule is CCOC(=O)c1ccsc1-c1cc2c(s1)B(c1c(C(C)C)cc(C(C)C)cc1C(C)C)c1sc(-c3sccc3C(=O)OCC)cc1S2. The fraction of sp³-hybridized carbons (Fsp3) is 0.351. The lowest BCUT2D eigenvalue weighted by molar-refractivity contribution is 0.0518. The van der Waals surface area contributed by atoms with E-state index in [4.69, 9.17) is 9.47 Å². The minimum absolute atomic E-state index is 0.0340. The van der Waals surface area contributed by atoms with Gasteiger partial charge >= 0.3 is 11.9 Å². The molecule has 0 unspecified atom stereocenters. The Kier molecular flexibility index (Phi) is 10.3. The van der Waals surface area contributed by atoms with E-state index in [1.807, 2.05) is 36.7 Å². The van der Waals surface area contributed by atoms with Gasteiger partial charge in [-0.1, -0.05) is 70.9 Å². The minimum atomic E-state index is -0.273. The van der Waals surface area contributed by atoms with E-state index in [9.17, 15) is 9.59 Å². The summed E-state index contributed by atoms with van der Waals surface area (Å²) in [7, 11) is 0. The fourth-order valence-corrected chi connectivity index (χ4v) is 12.3. The number of benzene rings is 1. The summed E-state index contributed by atoms with van der Waals surface area (Å²) in [4.78, 5) is 32.4. The number of carbonyl (C=O) groups is 2. The molecule has 1 aromatic carbocycles. The molecule has 0 atom stereocenters. The summed E-state index contributed by atoms with van der Waals surface area (Å²) in [6.07, 6.45) is 0. The molecule has 0 saturated heterocycles. The van der Waals surface area contributed by atoms with E-state index in [1.165, 1.54) is 41.5 Å². The van der Waals surface area contributed by atoms with Crippen LogP contribution in [0.1, 0.15) is 111 Å². The first-order valence-corrected chi connectivity index (χ1v) is 20.4. The number of esters is 2. The number of hydrogen-bond acceptors (Lipinski definition) is 9. The number of carbonyl (C=O) groups excluding carboxylic acids is 2. The largest absolute Gasteiger partial charge is 0.462 e. The molecular weight excluding hydrogens is 680 g/mol. The van der Waals surface area contributed by atoms with Crippen LogP contribution in [0.25, 0.3) is 19.5 Å². The zero-order chi connectivity index (χ0) is 33.6. The highest BCUT2D eigenvalue weighted by Gasteiger charge is 2.40. The molecule has 1 aliphatic heterocycles. The Hall–Kier alpha value is -2.63. The summed E-state index contributed by atoms with van der Waals surface area (Å²) in [5.74, 6) is 0.549. The van der Waals surface area contributed by atoms with Crippen molar-refractivity contribution in [3.8, 4) is 19.5 Å². The van der Waals surface area contributed by atoms with Gasteiger partial charge in [-0.25, -0.2) is 9.59 Å². The maximum absolute atomic E-state index is 12.9. The van der Waals surface area contributed by atoms with Gasteiger partial charge in [0.2, 0.25) is 0 Å². The van der Waals surface area contributed by atoms with Crippen LogP contribution in [-0.4, -0.2) is 31.9 Å². The third kappa shape index (κ3) is 6.44. The predicted octanol–water partition coefficient (Wildman–Crippen LogP) is 9.97. The number of thiophene rings is 4. The zero-order valence-electron chi connectivity index (χ0n) is 28.0. The van der Waals surface area contributed by atoms with E-state index in [0.29, 0.717) is 42.1 Å². The van der Waals surface area contributed by atoms with Crippen LogP contribution in [0.15, 0.2) is 56.9 Å². The molecule has 0 spiro atoms. The highest BCUT2D eigenvalue weighted by Crippen LogP contribution is 2.45. The fourth-order valence-electron chi connectivity index (χ4n) is 6.15. The molecule has 244 valence electrons. The normalized spacial score (nSPS) is 12.6. The molecule has 0 saturated carbocycles. The molecule has 5 aromatic rings. The maximum Gasteiger partial charge on any atom is 0.339 e. The predicted molar refractivity (Wildman–Crippen MR) is 205 cm³/mol. The summed E-state index contributed by atoms with van der Waals surface area (Å²) in [5, 5.41) is 3.96. The Labute approximate surface area is 298 Å². The molecule has 10 heteroatoms. The van der Waals surface area contributed by atoms with Crippen molar-refractivity contribution in [1.82, 2.24) is 0 Å². The summed E-state index contributed by atoms with van der Waals surface area (Å²) in [6, 6.07) is 13.2. The molecule has 5 heterocycles. The number of ether oxygens (including phenoxy) is 2. The smallest absolute Gasteiger partial charge is 0.339 e. The first-order valence-electron chi connectivity index (χ1n) is 16.2. The van der Waals surface area contributed by atoms with Gasteiger partial charge in [0.15, 0.2) is 0 Å². The van der Waals surface area contributed by atoms with Crippen molar-refractivity contribution in [2.45, 2.75) is 82.9 Å². The van der Waals surface area contributed by atoms with Crippen LogP contribution >= 0.6 is 57.1 Å². The van der Waals surface area contributed by atoms with E-state index in [0.717, 1.165) is 19.5 Å². The monoisotopic (exact) mass is 718 g/mol. The molecule has 0 fully saturated rings. The van der Waals surface area contributed by atoms with Gasteiger partial charge in [0.25, 0.3) is 6.71 Å². The van der Waals surface area contributed by atoms with Crippen molar-refractivity contribution in [1.29, 1.82) is 0 Å². The van der Waals surface area contributed by atoms with Crippen LogP contribution in [0.2, 0.25) is 0 Å². The van der Waals surface area contributed by atoms with Gasteiger partial charge < -0.3 is 9.47 Å². The zero-order valence-corrected chi connectivity index (χ0v) is 32.1. The lowest BCUT2D eigenvalue weighted by atomic mass is 9.40. The molecular formula is C37H39BO4S5. The van der Waals surface area contributed by atoms with Crippen LogP contribution in [0.5, 0.6) is 0 Å². The van der Waals surface area contributed by atoms with Crippen molar-refractivity contribution in [2.75, 3.05) is 13.2 Å². The van der Waals surface area contributed by atoms with Gasteiger partial charge in [-0.3, -0.25) is 0 Å². The van der Waals surface area contributed by atoms with Gasteiger partial charge in [-0.2, -0.15) is 0 Å². The van der Waals surface area contributed by atoms with E-state index in [-0.39, 0.29) is 18.7 Å². The molecule has 4 aromatic heterocycles. The maximum atomic E-state index is 12.9. The van der Waals surface area contributed by atoms with Crippen molar-refractivity contribution in [3.63, 3.8) is 0 Å². The molecule has 4 nitrogen and oxygen atoms in total. The molecule has 47 heavy (non-hydrogen) atoms. The highest BCUT2D eigenvalue weighted by molar-refractivity contribution is 8.00. The van der Waals surface area contributed by atoms with Crippen molar-refractivity contribution >= 4 is 90.8 Å². The average Bonchev–Trinajstić information content (AvgIpc) is 3.84. The van der Waals surface area contributed by atoms with Gasteiger partial charge in [0.1, 0.15) is 0 Å². The minimum Gasteiger partial charge on any atom is -0.462 e. The average molecular weight is 719 g/mol. The van der Waals surface area contributed by atoms with Crippen LogP contribution in [0, 0.1) is 0 Å². The standard InChI is InChI=1S/C37H39BO4S5/c1-9-41-36(39)23-11-13-43-32(23)27-17-29-34(46-27)38(31-25(20(5)6)15-22(19(3)4)16-26(31)21(7)8)35-30(45-29)18-28(47-35)33-24(12-14-44-33)37(40)42-10-2/h11-21H,9-10H2,1-8H3. The third-order valence-electron chi connectivity index (χ3n) is 8.43. The molecule has 1 aliphatic rings. The molecule has 0 N–H and O–H groups in total. The van der Waals surface area contributed by atoms with Gasteiger partial charge in [-0.15, -0.1) is 45.3 Å². The van der Waals surface area contributed by atoms with Crippen LogP contribution in [0.3, 0.4) is 0 Å². The van der Waals surface area contributed by atoms with Gasteiger partial charge in [0.05, 0.1) is 34.1 Å². The second kappa shape index (κ2) is 14.1. The van der Waals surface area contributed by atoms with Crippen molar-refractivity contribution < 1.29 is 19.1 Å². The Morgan fingerprint density at radius 3 is 1.51 bits per heavy atom. The second-order valence-electron chi connectivity index (χ2n) is 12.6. The number of fused-ring (bicyclic) bond motifs is 2. The molecule has 0 radical (unpaired) electrons. The third-order valence-corrected chi connectivity index (χ3v) is 14.4. The Balaban J connectivity index is 1.59. The van der Waals surface area contributed by atoms with Crippen LogP contribution in [0.4, 0.5) is 0 Å². The lowest BCUT2D eigenvalue weighted by Gasteiger charge is -2.29. The van der Waals surface area contributed by atoms with E-state index in [2.05, 4.69) is 65.8 Å². The molecule has 0 amide bonds. The number of hydrogen-bond donors (Lipinski definition) is 0. The first-order chi connectivity index (χ1) is 22.5. The summed E-state index contributed by atoms with van der Waals surface area (Å²) in [6.45, 7) is 18.2. The highest BCUT2D eigenvalue weighted by atomic mass is 32.2. The first kappa shape index (κ1) is 34.2. The van der Waals surface area contributed by atoms with Crippen molar-refractivity contribution in [3.05, 3.63) is 75.0 Å². The second-order valence-corrected chi connectivity index (χ2v) is 17.6. The van der Waals surface area contributed by atoms with Crippen LogP contribution < -0.4 is 15.0 Å². The van der Waals surface area contributed by atoms with Crippen LogP contribution in [-0.2, 0) is 9.47 Å². The Morgan fingerprint density at radius 1 is 0.681 bits per heavy atom. The summed E-state index contributed by atoms with van der Waals surface area (Å²) in [5.41, 5.74) is 6.82. The van der Waals surface area contributed by atoms with E-state index >= 15 is 0 Å². The topological polar surface area (TPSA) is 52.6 Å². The molecule has 6 rings (SSSR count). The molecule has 0 aliphatic carbocycles. The van der Waals surface area contributed by atoms with E-state index < -0.39 is 0 Å². The van der Waals surface area contributed by atoms with Gasteiger partial charge in [-0.05, 0) is 92.9 Å². The Morgan fingerprint density at radius 2 is 1.13 bits per heavy atom. The molecule has 0 bridgehead atoms.